The molecular weight excluding hydrogens is 471 g/mol. The van der Waals surface area contributed by atoms with E-state index >= 15 is 0 Å². The zero-order chi connectivity index (χ0) is 23.7. The van der Waals surface area contributed by atoms with Crippen LogP contribution in [0, 0.1) is 5.21 Å². The molecule has 0 unspecified atom stereocenters. The van der Waals surface area contributed by atoms with Crippen LogP contribution in [0.4, 0.5) is 17.1 Å². The molecule has 1 aliphatic heterocycles. The van der Waals surface area contributed by atoms with Crippen molar-refractivity contribution in [3.8, 4) is 0 Å². The second-order valence-corrected chi connectivity index (χ2v) is 9.20. The number of nitrogens with zero attached hydrogens (tertiary/aromatic N) is 3. The maximum atomic E-state index is 13.2. The molecule has 1 fully saturated rings. The normalized spacial score (nSPS) is 15.3. The highest BCUT2D eigenvalue weighted by Gasteiger charge is 2.30. The van der Waals surface area contributed by atoms with Gasteiger partial charge in [-0.15, -0.1) is 0 Å². The zero-order valence-electron chi connectivity index (χ0n) is 18.2. The molecule has 1 amide bonds. The van der Waals surface area contributed by atoms with Crippen LogP contribution in [0.5, 0.6) is 0 Å². The summed E-state index contributed by atoms with van der Waals surface area (Å²) in [6, 6.07) is 21.8. The molecule has 34 heavy (non-hydrogen) atoms. The third-order valence-electron chi connectivity index (χ3n) is 6.16. The van der Waals surface area contributed by atoms with Gasteiger partial charge in [0.25, 0.3) is 5.91 Å². The molecule has 8 heteroatoms. The minimum atomic E-state index is -0.449. The number of carbonyl (C=O) groups is 1. The van der Waals surface area contributed by atoms with Crippen molar-refractivity contribution in [3.05, 3.63) is 99.8 Å². The van der Waals surface area contributed by atoms with Gasteiger partial charge in [0.2, 0.25) is 0 Å². The predicted molar refractivity (Wildman–Crippen MR) is 139 cm³/mol. The first kappa shape index (κ1) is 22.6. The molecule has 1 saturated heterocycles. The van der Waals surface area contributed by atoms with Crippen LogP contribution in [-0.4, -0.2) is 42.0 Å². The Bertz CT molecular complexity index is 1340. The number of nitrogens with one attached hydrogen (secondary N) is 1. The first-order valence-electron chi connectivity index (χ1n) is 11.0. The van der Waals surface area contributed by atoms with Gasteiger partial charge < -0.3 is 20.1 Å². The smallest absolute Gasteiger partial charge is 0.254 e. The zero-order valence-corrected chi connectivity index (χ0v) is 19.8. The van der Waals surface area contributed by atoms with Gasteiger partial charge in [0.05, 0.1) is 18.6 Å². The molecule has 0 atom stereocenters. The summed E-state index contributed by atoms with van der Waals surface area (Å²) in [5, 5.41) is 18.8. The number of piperazine rings is 1. The number of hydrogen-bond acceptors (Lipinski definition) is 4. The molecule has 0 bridgehead atoms. The van der Waals surface area contributed by atoms with E-state index in [2.05, 4.69) is 10.3 Å². The Labute approximate surface area is 207 Å². The topological polar surface area (TPSA) is 68.3 Å². The van der Waals surface area contributed by atoms with Gasteiger partial charge in [0.15, 0.2) is 0 Å². The maximum absolute atomic E-state index is 13.2. The molecule has 0 radical (unpaired) electrons. The van der Waals surface area contributed by atoms with Crippen LogP contribution in [0.3, 0.4) is 0 Å². The quantitative estimate of drug-likeness (QED) is 0.270. The molecule has 0 saturated carbocycles. The second kappa shape index (κ2) is 9.24. The molecule has 1 aromatic heterocycles. The summed E-state index contributed by atoms with van der Waals surface area (Å²) in [4.78, 5) is 19.1. The van der Waals surface area contributed by atoms with Crippen molar-refractivity contribution in [1.82, 2.24) is 14.5 Å². The largest absolute Gasteiger partial charge is 0.627 e. The van der Waals surface area contributed by atoms with Crippen LogP contribution in [0.25, 0.3) is 10.9 Å². The lowest BCUT2D eigenvalue weighted by atomic mass is 10.1. The van der Waals surface area contributed by atoms with Crippen molar-refractivity contribution in [2.75, 3.05) is 31.5 Å². The van der Waals surface area contributed by atoms with Crippen molar-refractivity contribution in [1.29, 1.82) is 0 Å². The van der Waals surface area contributed by atoms with Crippen LogP contribution < -0.4 is 9.96 Å². The van der Waals surface area contributed by atoms with E-state index in [1.165, 1.54) is 0 Å². The number of fused-ring (bicyclic) bond motifs is 1. The molecule has 172 valence electrons. The Balaban J connectivity index is 1.25. The number of quaternary nitrogens is 1. The van der Waals surface area contributed by atoms with Gasteiger partial charge in [-0.1, -0.05) is 23.2 Å². The summed E-state index contributed by atoms with van der Waals surface area (Å²) in [7, 11) is 0. The van der Waals surface area contributed by atoms with Gasteiger partial charge in [-0.25, -0.2) is 0 Å². The van der Waals surface area contributed by atoms with Crippen molar-refractivity contribution < 1.29 is 4.79 Å². The fraction of sp³-hybridized carbons (Fsp3) is 0.154. The number of benzene rings is 3. The Morgan fingerprint density at radius 3 is 2.29 bits per heavy atom. The number of anilines is 2. The van der Waals surface area contributed by atoms with E-state index in [9.17, 15) is 10.0 Å². The first-order valence-corrected chi connectivity index (χ1v) is 11.7. The third kappa shape index (κ3) is 4.58. The van der Waals surface area contributed by atoms with Crippen molar-refractivity contribution in [2.45, 2.75) is 0 Å². The highest BCUT2D eigenvalue weighted by Crippen LogP contribution is 2.28. The van der Waals surface area contributed by atoms with Crippen LogP contribution >= 0.6 is 23.2 Å². The van der Waals surface area contributed by atoms with Gasteiger partial charge in [-0.05, 0) is 60.7 Å². The molecule has 1 aliphatic rings. The van der Waals surface area contributed by atoms with E-state index in [4.69, 9.17) is 23.2 Å². The van der Waals surface area contributed by atoms with Crippen LogP contribution in [0.1, 0.15) is 10.4 Å². The van der Waals surface area contributed by atoms with Crippen LogP contribution in [-0.2, 0) is 0 Å². The molecular formula is C26H22Cl2N4O2. The number of aromatic nitrogens is 1. The summed E-state index contributed by atoms with van der Waals surface area (Å²) < 4.78 is -0.449. The van der Waals surface area contributed by atoms with Crippen molar-refractivity contribution in [3.63, 3.8) is 0 Å². The summed E-state index contributed by atoms with van der Waals surface area (Å²) >= 11 is 12.0. The highest BCUT2D eigenvalue weighted by atomic mass is 35.5. The molecule has 5 rings (SSSR count). The number of amides is 1. The minimum absolute atomic E-state index is 0.0714. The lowest BCUT2D eigenvalue weighted by Crippen LogP contribution is -2.58. The predicted octanol–water partition coefficient (Wildman–Crippen LogP) is 6.25. The van der Waals surface area contributed by atoms with Gasteiger partial charge in [0.1, 0.15) is 18.8 Å². The van der Waals surface area contributed by atoms with Gasteiger partial charge >= 0.3 is 0 Å². The van der Waals surface area contributed by atoms with E-state index in [0.717, 1.165) is 22.3 Å². The monoisotopic (exact) mass is 492 g/mol. The second-order valence-electron chi connectivity index (χ2n) is 8.33. The van der Waals surface area contributed by atoms with E-state index in [1.54, 1.807) is 47.5 Å². The molecule has 0 aliphatic carbocycles. The van der Waals surface area contributed by atoms with E-state index in [0.29, 0.717) is 47.5 Å². The third-order valence-corrected chi connectivity index (χ3v) is 6.65. The standard InChI is InChI=1S/C26H22Cl2N4O2/c27-19-3-8-22(9-4-19)32(34)15-13-31(14-16-32)26(33)18-1-6-21(7-2-18)30-24-11-12-29-25-17-20(28)5-10-23(24)25/h1-12,17H,13-16H2,(H,29,30). The maximum Gasteiger partial charge on any atom is 0.254 e. The summed E-state index contributed by atoms with van der Waals surface area (Å²) in [6.07, 6.45) is 1.73. The number of carbonyl (C=O) groups excluding carboxylic acids is 1. The Morgan fingerprint density at radius 2 is 1.59 bits per heavy atom. The lowest BCUT2D eigenvalue weighted by Gasteiger charge is -2.47. The average molecular weight is 493 g/mol. The van der Waals surface area contributed by atoms with E-state index in [-0.39, 0.29) is 5.91 Å². The molecule has 6 nitrogen and oxygen atoms in total. The molecule has 3 aromatic carbocycles. The Hall–Kier alpha value is -3.16. The lowest BCUT2D eigenvalue weighted by molar-refractivity contribution is 0.0683. The van der Waals surface area contributed by atoms with Crippen LogP contribution in [0.2, 0.25) is 10.0 Å². The minimum Gasteiger partial charge on any atom is -0.627 e. The van der Waals surface area contributed by atoms with E-state index in [1.807, 2.05) is 36.4 Å². The number of halogens is 2. The highest BCUT2D eigenvalue weighted by molar-refractivity contribution is 6.31. The molecule has 1 N–H and O–H groups in total. The molecule has 4 aromatic rings. The fourth-order valence-corrected chi connectivity index (χ4v) is 4.52. The van der Waals surface area contributed by atoms with Gasteiger partial charge in [-0.2, -0.15) is 0 Å². The van der Waals surface area contributed by atoms with Gasteiger partial charge in [0, 0.05) is 50.7 Å². The number of hydroxylamine groups is 2. The average Bonchev–Trinajstić information content (AvgIpc) is 2.85. The van der Waals surface area contributed by atoms with Crippen LogP contribution in [0.15, 0.2) is 79.0 Å². The summed E-state index contributed by atoms with van der Waals surface area (Å²) in [5.74, 6) is -0.0714. The Morgan fingerprint density at radius 1 is 0.912 bits per heavy atom. The summed E-state index contributed by atoms with van der Waals surface area (Å²) in [5.41, 5.74) is 3.83. The molecule has 2 heterocycles. The molecule has 0 spiro atoms. The van der Waals surface area contributed by atoms with Crippen molar-refractivity contribution >= 4 is 57.1 Å². The number of rotatable bonds is 4. The fourth-order valence-electron chi connectivity index (χ4n) is 4.23. The number of pyridine rings is 1. The van der Waals surface area contributed by atoms with Gasteiger partial charge in [-0.3, -0.25) is 9.78 Å². The Kier molecular flexibility index (Phi) is 6.15. The van der Waals surface area contributed by atoms with Crippen molar-refractivity contribution in [2.24, 2.45) is 0 Å². The SMILES string of the molecule is O=C(c1ccc(Nc2ccnc3cc(Cl)ccc23)cc1)N1CC[N+]([O-])(c2ccc(Cl)cc2)CC1. The first-order chi connectivity index (χ1) is 16.4. The summed E-state index contributed by atoms with van der Waals surface area (Å²) in [6.45, 7) is 1.42. The number of hydrogen-bond donors (Lipinski definition) is 1. The van der Waals surface area contributed by atoms with E-state index < -0.39 is 4.65 Å².